The summed E-state index contributed by atoms with van der Waals surface area (Å²) >= 11 is 5.96. The molecule has 0 spiro atoms. The number of carbonyl (C=O) groups is 1. The average Bonchev–Trinajstić information content (AvgIpc) is 3.06. The molecule has 1 N–H and O–H groups in total. The molecule has 3 unspecified atom stereocenters. The highest BCUT2D eigenvalue weighted by atomic mass is 35.5. The lowest BCUT2D eigenvalue weighted by atomic mass is 10.0. The van der Waals surface area contributed by atoms with Crippen molar-refractivity contribution in [1.29, 1.82) is 0 Å². The first-order valence-electron chi connectivity index (χ1n) is 7.55. The monoisotopic (exact) mass is 317 g/mol. The van der Waals surface area contributed by atoms with Gasteiger partial charge in [-0.25, -0.2) is 0 Å². The van der Waals surface area contributed by atoms with Crippen LogP contribution < -0.4 is 5.32 Å². The fourth-order valence-electron chi connectivity index (χ4n) is 2.90. The van der Waals surface area contributed by atoms with Gasteiger partial charge in [0.1, 0.15) is 0 Å². The molecule has 3 rings (SSSR count). The van der Waals surface area contributed by atoms with Crippen molar-refractivity contribution >= 4 is 17.5 Å². The zero-order valence-corrected chi connectivity index (χ0v) is 13.5. The SMILES string of the molecule is CC1CC1C(NC(=O)Cc1cnn(C)c1)c1ccc(Cl)cc1. The van der Waals surface area contributed by atoms with Gasteiger partial charge in [-0.2, -0.15) is 5.10 Å². The minimum Gasteiger partial charge on any atom is -0.349 e. The van der Waals surface area contributed by atoms with Crippen LogP contribution in [0.25, 0.3) is 0 Å². The van der Waals surface area contributed by atoms with E-state index >= 15 is 0 Å². The van der Waals surface area contributed by atoms with Gasteiger partial charge in [0, 0.05) is 18.3 Å². The molecular weight excluding hydrogens is 298 g/mol. The second-order valence-corrected chi connectivity index (χ2v) is 6.61. The van der Waals surface area contributed by atoms with Crippen molar-refractivity contribution in [3.63, 3.8) is 0 Å². The molecule has 0 saturated heterocycles. The van der Waals surface area contributed by atoms with E-state index < -0.39 is 0 Å². The molecule has 2 aromatic rings. The molecule has 1 aliphatic rings. The average molecular weight is 318 g/mol. The number of nitrogens with one attached hydrogen (secondary N) is 1. The van der Waals surface area contributed by atoms with Crippen LogP contribution in [0.3, 0.4) is 0 Å². The van der Waals surface area contributed by atoms with E-state index in [-0.39, 0.29) is 11.9 Å². The number of nitrogens with zero attached hydrogens (tertiary/aromatic N) is 2. The van der Waals surface area contributed by atoms with Crippen LogP contribution in [0.15, 0.2) is 36.7 Å². The fraction of sp³-hybridized carbons (Fsp3) is 0.412. The number of amides is 1. The van der Waals surface area contributed by atoms with E-state index in [1.165, 1.54) is 0 Å². The maximum absolute atomic E-state index is 12.3. The number of halogens is 1. The molecule has 0 aliphatic heterocycles. The summed E-state index contributed by atoms with van der Waals surface area (Å²) in [6.45, 7) is 2.22. The summed E-state index contributed by atoms with van der Waals surface area (Å²) in [5.74, 6) is 1.20. The van der Waals surface area contributed by atoms with E-state index in [1.54, 1.807) is 10.9 Å². The first-order valence-corrected chi connectivity index (χ1v) is 7.93. The van der Waals surface area contributed by atoms with Gasteiger partial charge in [-0.1, -0.05) is 30.7 Å². The van der Waals surface area contributed by atoms with Crippen LogP contribution in [0.2, 0.25) is 5.02 Å². The Balaban J connectivity index is 1.70. The number of aromatic nitrogens is 2. The molecular formula is C17H20ClN3O. The van der Waals surface area contributed by atoms with Gasteiger partial charge in [-0.15, -0.1) is 0 Å². The van der Waals surface area contributed by atoms with Gasteiger partial charge in [0.2, 0.25) is 5.91 Å². The third-order valence-electron chi connectivity index (χ3n) is 4.27. The van der Waals surface area contributed by atoms with E-state index in [2.05, 4.69) is 17.3 Å². The molecule has 1 aliphatic carbocycles. The lowest BCUT2D eigenvalue weighted by Gasteiger charge is -2.19. The van der Waals surface area contributed by atoms with Crippen LogP contribution in [-0.4, -0.2) is 15.7 Å². The smallest absolute Gasteiger partial charge is 0.225 e. The summed E-state index contributed by atoms with van der Waals surface area (Å²) in [5, 5.41) is 8.00. The van der Waals surface area contributed by atoms with E-state index in [0.29, 0.717) is 23.3 Å². The van der Waals surface area contributed by atoms with Crippen molar-refractivity contribution < 1.29 is 4.79 Å². The molecule has 5 heteroatoms. The van der Waals surface area contributed by atoms with Gasteiger partial charge in [-0.3, -0.25) is 9.48 Å². The standard InChI is InChI=1S/C17H20ClN3O/c1-11-7-15(11)17(13-3-5-14(18)6-4-13)20-16(22)8-12-9-19-21(2)10-12/h3-6,9-11,15,17H,7-8H2,1-2H3,(H,20,22). The highest BCUT2D eigenvalue weighted by Gasteiger charge is 2.40. The predicted molar refractivity (Wildman–Crippen MR) is 86.5 cm³/mol. The van der Waals surface area contributed by atoms with Crippen molar-refractivity contribution in [2.45, 2.75) is 25.8 Å². The van der Waals surface area contributed by atoms with Crippen molar-refractivity contribution in [3.05, 3.63) is 52.8 Å². The predicted octanol–water partition coefficient (Wildman–Crippen LogP) is 3.13. The largest absolute Gasteiger partial charge is 0.349 e. The Bertz CT molecular complexity index is 665. The van der Waals surface area contributed by atoms with Gasteiger partial charge >= 0.3 is 0 Å². The maximum atomic E-state index is 12.3. The van der Waals surface area contributed by atoms with Gasteiger partial charge in [0.05, 0.1) is 18.7 Å². The lowest BCUT2D eigenvalue weighted by Crippen LogP contribution is -2.31. The Morgan fingerprint density at radius 2 is 2.14 bits per heavy atom. The van der Waals surface area contributed by atoms with Gasteiger partial charge in [-0.05, 0) is 41.5 Å². The van der Waals surface area contributed by atoms with Gasteiger partial charge < -0.3 is 5.32 Å². The number of carbonyl (C=O) groups excluding carboxylic acids is 1. The second-order valence-electron chi connectivity index (χ2n) is 6.17. The maximum Gasteiger partial charge on any atom is 0.225 e. The molecule has 4 nitrogen and oxygen atoms in total. The first kappa shape index (κ1) is 15.1. The summed E-state index contributed by atoms with van der Waals surface area (Å²) in [5.41, 5.74) is 2.05. The molecule has 116 valence electrons. The van der Waals surface area contributed by atoms with Crippen LogP contribution in [-0.2, 0) is 18.3 Å². The highest BCUT2D eigenvalue weighted by Crippen LogP contribution is 2.47. The molecule has 1 amide bonds. The fourth-order valence-corrected chi connectivity index (χ4v) is 3.02. The van der Waals surface area contributed by atoms with Gasteiger partial charge in [0.15, 0.2) is 0 Å². The minimum absolute atomic E-state index is 0.0343. The van der Waals surface area contributed by atoms with Crippen molar-refractivity contribution in [2.24, 2.45) is 18.9 Å². The Labute approximate surface area is 135 Å². The number of benzene rings is 1. The lowest BCUT2D eigenvalue weighted by molar-refractivity contribution is -0.121. The van der Waals surface area contributed by atoms with Crippen molar-refractivity contribution in [1.82, 2.24) is 15.1 Å². The second kappa shape index (κ2) is 6.13. The zero-order valence-electron chi connectivity index (χ0n) is 12.8. The van der Waals surface area contributed by atoms with Crippen LogP contribution in [0, 0.1) is 11.8 Å². The van der Waals surface area contributed by atoms with Gasteiger partial charge in [0.25, 0.3) is 0 Å². The number of rotatable bonds is 5. The molecule has 1 fully saturated rings. The molecule has 3 atom stereocenters. The quantitative estimate of drug-likeness (QED) is 0.921. The Kier molecular flexibility index (Phi) is 4.21. The number of hydrogen-bond acceptors (Lipinski definition) is 2. The number of aryl methyl sites for hydroxylation is 1. The van der Waals surface area contributed by atoms with E-state index in [1.807, 2.05) is 37.5 Å². The summed E-state index contributed by atoms with van der Waals surface area (Å²) < 4.78 is 1.71. The van der Waals surface area contributed by atoms with Crippen LogP contribution in [0.1, 0.15) is 30.5 Å². The van der Waals surface area contributed by atoms with Crippen LogP contribution >= 0.6 is 11.6 Å². The summed E-state index contributed by atoms with van der Waals surface area (Å²) in [4.78, 5) is 12.3. The Hall–Kier alpha value is -1.81. The van der Waals surface area contributed by atoms with E-state index in [0.717, 1.165) is 17.5 Å². The Morgan fingerprint density at radius 1 is 1.45 bits per heavy atom. The summed E-state index contributed by atoms with van der Waals surface area (Å²) in [7, 11) is 1.85. The molecule has 1 heterocycles. The highest BCUT2D eigenvalue weighted by molar-refractivity contribution is 6.30. The van der Waals surface area contributed by atoms with E-state index in [4.69, 9.17) is 11.6 Å². The van der Waals surface area contributed by atoms with Crippen LogP contribution in [0.5, 0.6) is 0 Å². The summed E-state index contributed by atoms with van der Waals surface area (Å²) in [6.07, 6.45) is 5.12. The molecule has 1 aromatic heterocycles. The number of hydrogen-bond donors (Lipinski definition) is 1. The van der Waals surface area contributed by atoms with Crippen molar-refractivity contribution in [3.8, 4) is 0 Å². The third kappa shape index (κ3) is 3.50. The molecule has 22 heavy (non-hydrogen) atoms. The Morgan fingerprint density at radius 3 is 2.68 bits per heavy atom. The van der Waals surface area contributed by atoms with E-state index in [9.17, 15) is 4.79 Å². The molecule has 1 saturated carbocycles. The zero-order chi connectivity index (χ0) is 15.7. The van der Waals surface area contributed by atoms with Crippen molar-refractivity contribution in [2.75, 3.05) is 0 Å². The normalized spacial score (nSPS) is 21.4. The topological polar surface area (TPSA) is 46.9 Å². The summed E-state index contributed by atoms with van der Waals surface area (Å²) in [6, 6.07) is 7.83. The third-order valence-corrected chi connectivity index (χ3v) is 4.52. The first-order chi connectivity index (χ1) is 10.5. The minimum atomic E-state index is 0.0343. The molecule has 0 radical (unpaired) electrons. The molecule has 1 aromatic carbocycles. The molecule has 0 bridgehead atoms. The van der Waals surface area contributed by atoms with Crippen LogP contribution in [0.4, 0.5) is 0 Å².